The Morgan fingerprint density at radius 1 is 1.14 bits per heavy atom. The first-order valence-electron chi connectivity index (χ1n) is 9.40. The van der Waals surface area contributed by atoms with Crippen molar-refractivity contribution in [1.29, 1.82) is 0 Å². The molecule has 0 bridgehead atoms. The number of aromatic amines is 1. The molecule has 0 spiro atoms. The van der Waals surface area contributed by atoms with Crippen LogP contribution in [-0.4, -0.2) is 23.3 Å². The van der Waals surface area contributed by atoms with Gasteiger partial charge in [-0.05, 0) is 61.6 Å². The Morgan fingerprint density at radius 2 is 1.93 bits per heavy atom. The molecule has 2 aromatic carbocycles. The second kappa shape index (κ2) is 7.32. The largest absolute Gasteiger partial charge is 0.361 e. The van der Waals surface area contributed by atoms with Crippen molar-refractivity contribution < 1.29 is 9.59 Å². The predicted molar refractivity (Wildman–Crippen MR) is 111 cm³/mol. The van der Waals surface area contributed by atoms with Crippen LogP contribution in [0.2, 0.25) is 5.02 Å². The highest BCUT2D eigenvalue weighted by molar-refractivity contribution is 6.30. The minimum absolute atomic E-state index is 0.198. The average Bonchev–Trinajstić information content (AvgIpc) is 3.40. The molecule has 0 atom stereocenters. The quantitative estimate of drug-likeness (QED) is 0.547. The summed E-state index contributed by atoms with van der Waals surface area (Å²) in [5.41, 5.74) is 2.84. The van der Waals surface area contributed by atoms with Crippen LogP contribution in [0.5, 0.6) is 0 Å². The van der Waals surface area contributed by atoms with Gasteiger partial charge in [-0.3, -0.25) is 9.59 Å². The lowest BCUT2D eigenvalue weighted by Gasteiger charge is -2.16. The normalized spacial score (nSPS) is 14.6. The molecule has 1 saturated carbocycles. The van der Waals surface area contributed by atoms with Crippen molar-refractivity contribution in [2.24, 2.45) is 5.41 Å². The zero-order valence-corrected chi connectivity index (χ0v) is 16.4. The van der Waals surface area contributed by atoms with Gasteiger partial charge in [0.1, 0.15) is 5.41 Å². The lowest BCUT2D eigenvalue weighted by molar-refractivity contribution is -0.134. The maximum Gasteiger partial charge on any atom is 0.240 e. The lowest BCUT2D eigenvalue weighted by Crippen LogP contribution is -2.40. The Labute approximate surface area is 168 Å². The molecule has 2 amide bonds. The first kappa shape index (κ1) is 18.6. The van der Waals surface area contributed by atoms with Crippen LogP contribution in [0.3, 0.4) is 0 Å². The zero-order chi connectivity index (χ0) is 19.7. The van der Waals surface area contributed by atoms with E-state index in [9.17, 15) is 9.59 Å². The SMILES string of the molecule is Cc1cc(Cl)ccc1NC(=O)C1(C(=O)NCCc2c[nH]c3ccccc23)CC1. The monoisotopic (exact) mass is 395 g/mol. The van der Waals surface area contributed by atoms with E-state index in [0.29, 0.717) is 36.5 Å². The molecule has 144 valence electrons. The van der Waals surface area contributed by atoms with Gasteiger partial charge in [0.05, 0.1) is 0 Å². The fourth-order valence-electron chi connectivity index (χ4n) is 3.51. The lowest BCUT2D eigenvalue weighted by atomic mass is 10.0. The standard InChI is InChI=1S/C22H22ClN3O2/c1-14-12-16(23)6-7-18(14)26-21(28)22(9-10-22)20(27)24-11-8-15-13-25-19-5-3-2-4-17(15)19/h2-7,12-13,25H,8-11H2,1H3,(H,24,27)(H,26,28). The molecule has 3 aromatic rings. The number of para-hydroxylation sites is 1. The van der Waals surface area contributed by atoms with Crippen molar-refractivity contribution in [3.05, 3.63) is 64.8 Å². The van der Waals surface area contributed by atoms with Gasteiger partial charge in [0, 0.05) is 34.4 Å². The first-order chi connectivity index (χ1) is 13.5. The van der Waals surface area contributed by atoms with Crippen LogP contribution in [0.1, 0.15) is 24.0 Å². The highest BCUT2D eigenvalue weighted by atomic mass is 35.5. The molecular weight excluding hydrogens is 374 g/mol. The molecule has 4 rings (SSSR count). The summed E-state index contributed by atoms with van der Waals surface area (Å²) < 4.78 is 0. The third kappa shape index (κ3) is 3.50. The van der Waals surface area contributed by atoms with Crippen molar-refractivity contribution >= 4 is 40.0 Å². The second-order valence-electron chi connectivity index (χ2n) is 7.36. The summed E-state index contributed by atoms with van der Waals surface area (Å²) in [7, 11) is 0. The van der Waals surface area contributed by atoms with E-state index in [2.05, 4.69) is 21.7 Å². The number of anilines is 1. The number of carbonyl (C=O) groups is 2. The van der Waals surface area contributed by atoms with Gasteiger partial charge < -0.3 is 15.6 Å². The fourth-order valence-corrected chi connectivity index (χ4v) is 3.74. The van der Waals surface area contributed by atoms with Crippen LogP contribution in [0, 0.1) is 12.3 Å². The number of benzene rings is 2. The number of nitrogens with one attached hydrogen (secondary N) is 3. The molecule has 0 aliphatic heterocycles. The summed E-state index contributed by atoms with van der Waals surface area (Å²) in [5.74, 6) is -0.445. The number of fused-ring (bicyclic) bond motifs is 1. The molecule has 3 N–H and O–H groups in total. The van der Waals surface area contributed by atoms with E-state index in [1.54, 1.807) is 18.2 Å². The topological polar surface area (TPSA) is 74.0 Å². The van der Waals surface area contributed by atoms with Crippen LogP contribution in [0.15, 0.2) is 48.7 Å². The van der Waals surface area contributed by atoms with E-state index >= 15 is 0 Å². The van der Waals surface area contributed by atoms with Gasteiger partial charge in [0.2, 0.25) is 11.8 Å². The number of amides is 2. The summed E-state index contributed by atoms with van der Waals surface area (Å²) in [6, 6.07) is 13.4. The summed E-state index contributed by atoms with van der Waals surface area (Å²) in [4.78, 5) is 28.7. The van der Waals surface area contributed by atoms with Crippen molar-refractivity contribution in [3.8, 4) is 0 Å². The Kier molecular flexibility index (Phi) is 4.85. The van der Waals surface area contributed by atoms with Crippen LogP contribution in [-0.2, 0) is 16.0 Å². The Bertz CT molecular complexity index is 1050. The molecule has 1 aliphatic carbocycles. The van der Waals surface area contributed by atoms with Gasteiger partial charge in [-0.25, -0.2) is 0 Å². The van der Waals surface area contributed by atoms with Crippen LogP contribution in [0.25, 0.3) is 10.9 Å². The van der Waals surface area contributed by atoms with Gasteiger partial charge in [-0.2, -0.15) is 0 Å². The summed E-state index contributed by atoms with van der Waals surface area (Å²) in [5, 5.41) is 7.61. The Morgan fingerprint density at radius 3 is 2.68 bits per heavy atom. The number of H-pyrrole nitrogens is 1. The van der Waals surface area contributed by atoms with E-state index in [1.807, 2.05) is 31.3 Å². The Balaban J connectivity index is 1.36. The Hall–Kier alpha value is -2.79. The molecule has 1 aromatic heterocycles. The highest BCUT2D eigenvalue weighted by Gasteiger charge is 2.56. The van der Waals surface area contributed by atoms with Gasteiger partial charge >= 0.3 is 0 Å². The van der Waals surface area contributed by atoms with Gasteiger partial charge in [0.25, 0.3) is 0 Å². The van der Waals surface area contributed by atoms with Crippen molar-refractivity contribution in [3.63, 3.8) is 0 Å². The predicted octanol–water partition coefficient (Wildman–Crippen LogP) is 4.21. The molecule has 5 nitrogen and oxygen atoms in total. The maximum atomic E-state index is 12.7. The molecule has 1 heterocycles. The van der Waals surface area contributed by atoms with E-state index in [0.717, 1.165) is 22.0 Å². The molecule has 0 unspecified atom stereocenters. The smallest absolute Gasteiger partial charge is 0.240 e. The number of aromatic nitrogens is 1. The van der Waals surface area contributed by atoms with Crippen LogP contribution >= 0.6 is 11.6 Å². The number of hydrogen-bond donors (Lipinski definition) is 3. The number of carbonyl (C=O) groups excluding carboxylic acids is 2. The second-order valence-corrected chi connectivity index (χ2v) is 7.80. The third-order valence-corrected chi connectivity index (χ3v) is 5.65. The number of rotatable bonds is 6. The van der Waals surface area contributed by atoms with E-state index < -0.39 is 5.41 Å². The molecule has 0 radical (unpaired) electrons. The minimum atomic E-state index is -0.952. The van der Waals surface area contributed by atoms with E-state index in [4.69, 9.17) is 11.6 Å². The minimum Gasteiger partial charge on any atom is -0.361 e. The van der Waals surface area contributed by atoms with Crippen molar-refractivity contribution in [2.75, 3.05) is 11.9 Å². The summed E-state index contributed by atoms with van der Waals surface area (Å²) >= 11 is 5.96. The fraction of sp³-hybridized carbons (Fsp3) is 0.273. The van der Waals surface area contributed by atoms with E-state index in [1.165, 1.54) is 0 Å². The van der Waals surface area contributed by atoms with Crippen LogP contribution in [0.4, 0.5) is 5.69 Å². The van der Waals surface area contributed by atoms with Gasteiger partial charge in [-0.15, -0.1) is 0 Å². The molecule has 1 fully saturated rings. The highest BCUT2D eigenvalue weighted by Crippen LogP contribution is 2.47. The summed E-state index contributed by atoms with van der Waals surface area (Å²) in [6.07, 6.45) is 3.83. The number of halogens is 1. The van der Waals surface area contributed by atoms with Gasteiger partial charge in [0.15, 0.2) is 0 Å². The molecule has 0 saturated heterocycles. The van der Waals surface area contributed by atoms with Crippen molar-refractivity contribution in [1.82, 2.24) is 10.3 Å². The molecule has 1 aliphatic rings. The van der Waals surface area contributed by atoms with Gasteiger partial charge in [-0.1, -0.05) is 29.8 Å². The average molecular weight is 396 g/mol. The molecule has 6 heteroatoms. The van der Waals surface area contributed by atoms with Crippen LogP contribution < -0.4 is 10.6 Å². The number of hydrogen-bond acceptors (Lipinski definition) is 2. The third-order valence-electron chi connectivity index (χ3n) is 5.41. The van der Waals surface area contributed by atoms with Crippen molar-refractivity contribution in [2.45, 2.75) is 26.2 Å². The molecular formula is C22H22ClN3O2. The summed E-state index contributed by atoms with van der Waals surface area (Å²) in [6.45, 7) is 2.37. The zero-order valence-electron chi connectivity index (χ0n) is 15.6. The number of aryl methyl sites for hydroxylation is 1. The maximum absolute atomic E-state index is 12.7. The molecule has 28 heavy (non-hydrogen) atoms. The first-order valence-corrected chi connectivity index (χ1v) is 9.78. The van der Waals surface area contributed by atoms with E-state index in [-0.39, 0.29) is 11.8 Å².